The molecule has 3 rings (SSSR count). The molecule has 6 nitrogen and oxygen atoms in total. The molecule has 0 aliphatic carbocycles. The van der Waals surface area contributed by atoms with Gasteiger partial charge in [0, 0.05) is 19.5 Å². The summed E-state index contributed by atoms with van der Waals surface area (Å²) >= 11 is 0. The topological polar surface area (TPSA) is 71.8 Å². The number of hydrogen-bond donors (Lipinski definition) is 2. The van der Waals surface area contributed by atoms with E-state index < -0.39 is 0 Å². The van der Waals surface area contributed by atoms with Gasteiger partial charge in [-0.25, -0.2) is 0 Å². The zero-order valence-corrected chi connectivity index (χ0v) is 14.7. The summed E-state index contributed by atoms with van der Waals surface area (Å²) < 4.78 is 2.15. The number of halogens is 2. The summed E-state index contributed by atoms with van der Waals surface area (Å²) in [7, 11) is 0. The van der Waals surface area contributed by atoms with Gasteiger partial charge in [0.25, 0.3) is 0 Å². The van der Waals surface area contributed by atoms with Gasteiger partial charge in [-0.2, -0.15) is 0 Å². The minimum atomic E-state index is -0.305. The van der Waals surface area contributed by atoms with Crippen LogP contribution in [0.5, 0.6) is 0 Å². The van der Waals surface area contributed by atoms with Crippen LogP contribution in [0.2, 0.25) is 0 Å². The van der Waals surface area contributed by atoms with E-state index in [2.05, 4.69) is 25.4 Å². The average molecular weight is 350 g/mol. The van der Waals surface area contributed by atoms with Gasteiger partial charge in [0.05, 0.1) is 11.5 Å². The van der Waals surface area contributed by atoms with Crippen LogP contribution in [-0.2, 0) is 17.8 Å². The van der Waals surface area contributed by atoms with Crippen molar-refractivity contribution < 1.29 is 4.79 Å². The first-order valence-electron chi connectivity index (χ1n) is 7.54. The molecule has 2 unspecified atom stereocenters. The Kier molecular flexibility index (Phi) is 6.65. The highest BCUT2D eigenvalue weighted by Gasteiger charge is 2.36. The first-order valence-corrected chi connectivity index (χ1v) is 7.54. The lowest BCUT2D eigenvalue weighted by Gasteiger charge is -2.33. The fourth-order valence-electron chi connectivity index (χ4n) is 3.18. The summed E-state index contributed by atoms with van der Waals surface area (Å²) in [5, 5.41) is 14.9. The van der Waals surface area contributed by atoms with Crippen LogP contribution in [-0.4, -0.2) is 33.8 Å². The zero-order valence-electron chi connectivity index (χ0n) is 13.1. The summed E-state index contributed by atoms with van der Waals surface area (Å²) in [6, 6.07) is -0.0828. The van der Waals surface area contributed by atoms with Gasteiger partial charge >= 0.3 is 0 Å². The minimum Gasteiger partial charge on any atom is -0.346 e. The molecule has 1 aromatic heterocycles. The van der Waals surface area contributed by atoms with Crippen molar-refractivity contribution in [3.8, 4) is 0 Å². The molecule has 1 aromatic rings. The van der Waals surface area contributed by atoms with Crippen molar-refractivity contribution in [1.29, 1.82) is 0 Å². The fourth-order valence-corrected chi connectivity index (χ4v) is 3.18. The molecule has 126 valence electrons. The maximum atomic E-state index is 12.5. The second kappa shape index (κ2) is 7.62. The highest BCUT2D eigenvalue weighted by molar-refractivity contribution is 5.85. The van der Waals surface area contributed by atoms with E-state index in [0.29, 0.717) is 0 Å². The van der Waals surface area contributed by atoms with Crippen molar-refractivity contribution in [2.75, 3.05) is 13.1 Å². The molecule has 0 radical (unpaired) electrons. The third-order valence-electron chi connectivity index (χ3n) is 4.52. The van der Waals surface area contributed by atoms with E-state index in [0.717, 1.165) is 57.0 Å². The molecule has 1 saturated heterocycles. The summed E-state index contributed by atoms with van der Waals surface area (Å²) in [5.74, 6) is 2.05. The van der Waals surface area contributed by atoms with Crippen LogP contribution in [0, 0.1) is 5.41 Å². The molecule has 2 N–H and O–H groups in total. The molecule has 1 fully saturated rings. The molecule has 0 spiro atoms. The lowest BCUT2D eigenvalue weighted by molar-refractivity contribution is -0.131. The predicted molar refractivity (Wildman–Crippen MR) is 89.6 cm³/mol. The second-order valence-corrected chi connectivity index (χ2v) is 6.27. The Balaban J connectivity index is 0.00000121. The zero-order chi connectivity index (χ0) is 14.2. The standard InChI is InChI=1S/C14H23N5O.2ClH/c1-10(12-18-17-11-5-3-8-19(11)12)16-13(20)14(2)6-4-7-15-9-14;;/h10,15H,3-9H2,1-2H3,(H,16,20);2*1H. The highest BCUT2D eigenvalue weighted by atomic mass is 35.5. The molecule has 22 heavy (non-hydrogen) atoms. The summed E-state index contributed by atoms with van der Waals surface area (Å²) in [5.41, 5.74) is -0.305. The van der Waals surface area contributed by atoms with Crippen molar-refractivity contribution in [3.05, 3.63) is 11.6 Å². The van der Waals surface area contributed by atoms with E-state index in [-0.39, 0.29) is 42.2 Å². The first-order chi connectivity index (χ1) is 9.60. The number of piperidine rings is 1. The number of carbonyl (C=O) groups excluding carboxylic acids is 1. The maximum absolute atomic E-state index is 12.5. The molecule has 0 aromatic carbocycles. The Morgan fingerprint density at radius 1 is 1.36 bits per heavy atom. The van der Waals surface area contributed by atoms with Crippen molar-refractivity contribution >= 4 is 30.7 Å². The van der Waals surface area contributed by atoms with E-state index >= 15 is 0 Å². The lowest BCUT2D eigenvalue weighted by atomic mass is 9.81. The van der Waals surface area contributed by atoms with Crippen LogP contribution in [0.3, 0.4) is 0 Å². The number of amides is 1. The van der Waals surface area contributed by atoms with Crippen molar-refractivity contribution in [3.63, 3.8) is 0 Å². The van der Waals surface area contributed by atoms with Gasteiger partial charge in [-0.15, -0.1) is 35.0 Å². The third-order valence-corrected chi connectivity index (χ3v) is 4.52. The minimum absolute atomic E-state index is 0. The van der Waals surface area contributed by atoms with Gasteiger partial charge in [0.1, 0.15) is 5.82 Å². The van der Waals surface area contributed by atoms with E-state index in [1.807, 2.05) is 13.8 Å². The number of aryl methyl sites for hydroxylation is 1. The number of aromatic nitrogens is 3. The highest BCUT2D eigenvalue weighted by Crippen LogP contribution is 2.27. The quantitative estimate of drug-likeness (QED) is 0.869. The summed E-state index contributed by atoms with van der Waals surface area (Å²) in [6.07, 6.45) is 4.12. The molecular weight excluding hydrogens is 325 g/mol. The molecule has 0 bridgehead atoms. The van der Waals surface area contributed by atoms with Gasteiger partial charge < -0.3 is 15.2 Å². The van der Waals surface area contributed by atoms with Gasteiger partial charge in [0.2, 0.25) is 5.91 Å². The third kappa shape index (κ3) is 3.55. The predicted octanol–water partition coefficient (Wildman–Crippen LogP) is 1.63. The normalized spacial score (nSPS) is 24.6. The Hall–Kier alpha value is -0.850. The number of fused-ring (bicyclic) bond motifs is 1. The number of hydrogen-bond acceptors (Lipinski definition) is 4. The van der Waals surface area contributed by atoms with E-state index in [1.54, 1.807) is 0 Å². The number of nitrogens with zero attached hydrogens (tertiary/aromatic N) is 3. The molecule has 8 heteroatoms. The Bertz CT molecular complexity index is 513. The number of nitrogens with one attached hydrogen (secondary N) is 2. The molecule has 1 amide bonds. The largest absolute Gasteiger partial charge is 0.346 e. The summed E-state index contributed by atoms with van der Waals surface area (Å²) in [6.45, 7) is 6.76. The van der Waals surface area contributed by atoms with Gasteiger partial charge in [-0.05, 0) is 39.7 Å². The Labute approximate surface area is 143 Å². The van der Waals surface area contributed by atoms with E-state index in [9.17, 15) is 4.79 Å². The average Bonchev–Trinajstić information content (AvgIpc) is 3.01. The van der Waals surface area contributed by atoms with Gasteiger partial charge in [-0.1, -0.05) is 0 Å². The number of carbonyl (C=O) groups is 1. The van der Waals surface area contributed by atoms with Crippen LogP contribution in [0.25, 0.3) is 0 Å². The lowest BCUT2D eigenvalue weighted by Crippen LogP contribution is -2.49. The number of rotatable bonds is 3. The van der Waals surface area contributed by atoms with Crippen LogP contribution in [0.15, 0.2) is 0 Å². The fraction of sp³-hybridized carbons (Fsp3) is 0.786. The van der Waals surface area contributed by atoms with E-state index in [1.165, 1.54) is 0 Å². The smallest absolute Gasteiger partial charge is 0.227 e. The van der Waals surface area contributed by atoms with Crippen LogP contribution in [0.4, 0.5) is 0 Å². The maximum Gasteiger partial charge on any atom is 0.227 e. The van der Waals surface area contributed by atoms with E-state index in [4.69, 9.17) is 0 Å². The van der Waals surface area contributed by atoms with Crippen molar-refractivity contribution in [2.24, 2.45) is 5.41 Å². The Morgan fingerprint density at radius 3 is 2.82 bits per heavy atom. The van der Waals surface area contributed by atoms with Crippen molar-refractivity contribution in [1.82, 2.24) is 25.4 Å². The van der Waals surface area contributed by atoms with Crippen LogP contribution >= 0.6 is 24.8 Å². The molecular formula is C14H25Cl2N5O. The molecule has 2 aliphatic rings. The van der Waals surface area contributed by atoms with Crippen LogP contribution in [0.1, 0.15) is 50.8 Å². The molecule has 2 atom stereocenters. The van der Waals surface area contributed by atoms with Gasteiger partial charge in [-0.3, -0.25) is 4.79 Å². The van der Waals surface area contributed by atoms with Gasteiger partial charge in [0.15, 0.2) is 5.82 Å². The van der Waals surface area contributed by atoms with Crippen molar-refractivity contribution in [2.45, 2.75) is 52.1 Å². The molecule has 3 heterocycles. The first kappa shape index (κ1) is 19.2. The second-order valence-electron chi connectivity index (χ2n) is 6.27. The monoisotopic (exact) mass is 349 g/mol. The Morgan fingerprint density at radius 2 is 2.14 bits per heavy atom. The molecule has 2 aliphatic heterocycles. The SMILES string of the molecule is CC(NC(=O)C1(C)CCCNC1)c1nnc2n1CCC2.Cl.Cl. The summed E-state index contributed by atoms with van der Waals surface area (Å²) in [4.78, 5) is 12.5. The molecule has 0 saturated carbocycles. The van der Waals surface area contributed by atoms with Crippen LogP contribution < -0.4 is 10.6 Å².